The molecule has 2 aromatic carbocycles. The Morgan fingerprint density at radius 1 is 0.844 bits per heavy atom. The average Bonchev–Trinajstić information content (AvgIpc) is 2.81. The number of ketones is 1. The maximum Gasteiger partial charge on any atom is 0.147 e. The number of Topliss-reactive ketones (excluding diaryl/α,β-unsaturated/α-hetero) is 1. The minimum atomic E-state index is 0.313. The number of benzene rings is 2. The fraction of sp³-hybridized carbons (Fsp3) is 0.346. The number of rotatable bonds is 0. The fourth-order valence-corrected chi connectivity index (χ4v) is 4.72. The third-order valence-corrected chi connectivity index (χ3v) is 6.72. The van der Waals surface area contributed by atoms with E-state index in [1.165, 1.54) is 5.56 Å². The molecule has 3 aromatic rings. The van der Waals surface area contributed by atoms with Crippen LogP contribution in [-0.4, -0.2) is 58.3 Å². The Morgan fingerprint density at radius 2 is 1.66 bits per heavy atom. The second kappa shape index (κ2) is 9.49. The first-order chi connectivity index (χ1) is 15.6. The van der Waals surface area contributed by atoms with E-state index in [0.717, 1.165) is 72.4 Å². The molecule has 5 nitrogen and oxygen atoms in total. The van der Waals surface area contributed by atoms with Gasteiger partial charge in [-0.15, -0.1) is 0 Å². The van der Waals surface area contributed by atoms with Crippen molar-refractivity contribution < 1.29 is 4.79 Å². The molecule has 1 saturated heterocycles. The normalized spacial score (nSPS) is 21.5. The van der Waals surface area contributed by atoms with Crippen molar-refractivity contribution in [1.29, 1.82) is 0 Å². The summed E-state index contributed by atoms with van der Waals surface area (Å²) in [5.74, 6) is 1.07. The van der Waals surface area contributed by atoms with E-state index in [1.54, 1.807) is 0 Å². The van der Waals surface area contributed by atoms with Crippen molar-refractivity contribution >= 4 is 17.4 Å². The second-order valence-electron chi connectivity index (χ2n) is 8.75. The van der Waals surface area contributed by atoms with Gasteiger partial charge in [0.15, 0.2) is 0 Å². The molecule has 0 N–H and O–H groups in total. The highest BCUT2D eigenvalue weighted by Crippen LogP contribution is 2.24. The van der Waals surface area contributed by atoms with Gasteiger partial charge in [-0.2, -0.15) is 0 Å². The summed E-state index contributed by atoms with van der Waals surface area (Å²) in [4.78, 5) is 26.7. The van der Waals surface area contributed by atoms with Gasteiger partial charge in [0.2, 0.25) is 0 Å². The third kappa shape index (κ3) is 5.07. The molecule has 4 heterocycles. The number of nitrogens with zero attached hydrogens (tertiary/aromatic N) is 4. The highest BCUT2D eigenvalue weighted by Gasteiger charge is 2.19. The van der Waals surface area contributed by atoms with Gasteiger partial charge in [0.25, 0.3) is 0 Å². The van der Waals surface area contributed by atoms with Crippen LogP contribution < -0.4 is 0 Å². The summed E-state index contributed by atoms with van der Waals surface area (Å²) in [6.07, 6.45) is 3.74. The summed E-state index contributed by atoms with van der Waals surface area (Å²) in [7, 11) is 0. The first-order valence-corrected chi connectivity index (χ1v) is 11.7. The van der Waals surface area contributed by atoms with Crippen LogP contribution in [0.5, 0.6) is 0 Å². The van der Waals surface area contributed by atoms with Crippen LogP contribution in [0, 0.1) is 0 Å². The molecule has 0 atom stereocenters. The summed E-state index contributed by atoms with van der Waals surface area (Å²) in [5, 5.41) is 0.749. The van der Waals surface area contributed by atoms with Gasteiger partial charge >= 0.3 is 0 Å². The average molecular weight is 447 g/mol. The van der Waals surface area contributed by atoms with Crippen LogP contribution in [0.3, 0.4) is 0 Å². The Labute approximate surface area is 194 Å². The number of aromatic nitrogens is 2. The molecule has 0 radical (unpaired) electrons. The predicted molar refractivity (Wildman–Crippen MR) is 127 cm³/mol. The highest BCUT2D eigenvalue weighted by molar-refractivity contribution is 6.31. The molecule has 32 heavy (non-hydrogen) atoms. The van der Waals surface area contributed by atoms with Gasteiger partial charge in [0, 0.05) is 62.3 Å². The molecule has 0 spiro atoms. The minimum absolute atomic E-state index is 0.313. The predicted octanol–water partition coefficient (Wildman–Crippen LogP) is 4.02. The van der Waals surface area contributed by atoms with Gasteiger partial charge < -0.3 is 0 Å². The molecule has 3 aliphatic heterocycles. The number of hydrogen-bond acceptors (Lipinski definition) is 5. The van der Waals surface area contributed by atoms with Gasteiger partial charge in [0.05, 0.1) is 12.2 Å². The van der Waals surface area contributed by atoms with E-state index in [4.69, 9.17) is 16.6 Å². The lowest BCUT2D eigenvalue weighted by molar-refractivity contribution is -0.120. The Morgan fingerprint density at radius 3 is 2.50 bits per heavy atom. The standard InChI is InChI=1S/C26H27ClN4O/c27-24-7-5-20-15-22(24)16-26-28-9-8-25(29-26)21-3-1-2-19(14-21)4-6-23(32)18-31-12-10-30(17-20)11-13-31/h1-3,5,7-9,14-15H,4,6,10-13,16-18H2. The van der Waals surface area contributed by atoms with Gasteiger partial charge in [0.1, 0.15) is 11.6 Å². The SMILES string of the molecule is O=C1CCc2cccc(c2)-c2ccnc(n2)Cc2cc(ccc2Cl)CN2CCN(CC2)C1. The number of carbonyl (C=O) groups is 1. The van der Waals surface area contributed by atoms with Crippen LogP contribution in [0.4, 0.5) is 0 Å². The number of piperazine rings is 1. The number of hydrogen-bond donors (Lipinski definition) is 0. The Bertz CT molecular complexity index is 1120. The lowest BCUT2D eigenvalue weighted by Crippen LogP contribution is -2.47. The number of halogens is 1. The summed E-state index contributed by atoms with van der Waals surface area (Å²) in [5.41, 5.74) is 5.40. The fourth-order valence-electron chi connectivity index (χ4n) is 4.54. The van der Waals surface area contributed by atoms with Crippen molar-refractivity contribution in [2.24, 2.45) is 0 Å². The lowest BCUT2D eigenvalue weighted by atomic mass is 10.0. The number of fused-ring (bicyclic) bond motifs is 5. The van der Waals surface area contributed by atoms with Crippen molar-refractivity contribution in [3.05, 3.63) is 82.3 Å². The van der Waals surface area contributed by atoms with E-state index in [1.807, 2.05) is 24.4 Å². The molecule has 6 rings (SSSR count). The topological polar surface area (TPSA) is 49.3 Å². The maximum atomic E-state index is 12.6. The van der Waals surface area contributed by atoms with E-state index in [-0.39, 0.29) is 0 Å². The zero-order valence-corrected chi connectivity index (χ0v) is 18.9. The first-order valence-electron chi connectivity index (χ1n) is 11.3. The molecule has 0 amide bonds. The summed E-state index contributed by atoms with van der Waals surface area (Å²) in [6, 6.07) is 16.5. The third-order valence-electron chi connectivity index (χ3n) is 6.35. The van der Waals surface area contributed by atoms with E-state index in [9.17, 15) is 4.79 Å². The molecule has 0 aliphatic carbocycles. The van der Waals surface area contributed by atoms with Crippen molar-refractivity contribution in [3.63, 3.8) is 0 Å². The molecular weight excluding hydrogens is 420 g/mol. The van der Waals surface area contributed by atoms with E-state index in [2.05, 4.69) is 45.1 Å². The van der Waals surface area contributed by atoms with Gasteiger partial charge in [-0.05, 0) is 41.3 Å². The van der Waals surface area contributed by atoms with Gasteiger partial charge in [-0.3, -0.25) is 14.6 Å². The van der Waals surface area contributed by atoms with Crippen molar-refractivity contribution in [2.45, 2.75) is 25.8 Å². The van der Waals surface area contributed by atoms with Crippen LogP contribution in [0.2, 0.25) is 5.02 Å². The zero-order valence-electron chi connectivity index (χ0n) is 18.1. The monoisotopic (exact) mass is 446 g/mol. The molecule has 6 heteroatoms. The van der Waals surface area contributed by atoms with Crippen molar-refractivity contribution in [1.82, 2.24) is 19.8 Å². The molecule has 1 fully saturated rings. The minimum Gasteiger partial charge on any atom is -0.298 e. The summed E-state index contributed by atoms with van der Waals surface area (Å²) in [6.45, 7) is 5.24. The van der Waals surface area contributed by atoms with Gasteiger partial charge in [-0.1, -0.05) is 41.9 Å². The second-order valence-corrected chi connectivity index (χ2v) is 9.16. The molecule has 8 bridgehead atoms. The molecule has 0 saturated carbocycles. The Balaban J connectivity index is 1.49. The quantitative estimate of drug-likeness (QED) is 0.522. The molecule has 3 aliphatic rings. The van der Waals surface area contributed by atoms with Crippen LogP contribution in [0.15, 0.2) is 54.7 Å². The summed E-state index contributed by atoms with van der Waals surface area (Å²) >= 11 is 6.54. The molecule has 0 unspecified atom stereocenters. The van der Waals surface area contributed by atoms with Gasteiger partial charge in [-0.25, -0.2) is 9.97 Å². The molecule has 164 valence electrons. The van der Waals surface area contributed by atoms with E-state index >= 15 is 0 Å². The van der Waals surface area contributed by atoms with Crippen LogP contribution in [-0.2, 0) is 24.2 Å². The van der Waals surface area contributed by atoms with E-state index in [0.29, 0.717) is 25.2 Å². The smallest absolute Gasteiger partial charge is 0.147 e. The van der Waals surface area contributed by atoms with Crippen molar-refractivity contribution in [2.75, 3.05) is 32.7 Å². The number of carbonyl (C=O) groups excluding carboxylic acids is 1. The zero-order chi connectivity index (χ0) is 21.9. The summed E-state index contributed by atoms with van der Waals surface area (Å²) < 4.78 is 0. The Kier molecular flexibility index (Phi) is 6.30. The Hall–Kier alpha value is -2.60. The largest absolute Gasteiger partial charge is 0.298 e. The van der Waals surface area contributed by atoms with Crippen LogP contribution in [0.25, 0.3) is 11.3 Å². The molecular formula is C26H27ClN4O. The first kappa shape index (κ1) is 21.3. The van der Waals surface area contributed by atoms with E-state index < -0.39 is 0 Å². The van der Waals surface area contributed by atoms with Crippen molar-refractivity contribution in [3.8, 4) is 11.3 Å². The number of aryl methyl sites for hydroxylation is 1. The van der Waals surface area contributed by atoms with Crippen LogP contribution in [0.1, 0.15) is 28.9 Å². The maximum absolute atomic E-state index is 12.6. The van der Waals surface area contributed by atoms with Crippen LogP contribution >= 0.6 is 11.6 Å². The lowest BCUT2D eigenvalue weighted by Gasteiger charge is -2.34. The highest BCUT2D eigenvalue weighted by atomic mass is 35.5. The molecule has 1 aromatic heterocycles.